The molecule has 3 aromatic rings. The maximum atomic E-state index is 13.1. The van der Waals surface area contributed by atoms with Gasteiger partial charge in [0.1, 0.15) is 24.2 Å². The number of H-pyrrole nitrogens is 1. The molecule has 2 aromatic heterocycles. The summed E-state index contributed by atoms with van der Waals surface area (Å²) in [7, 11) is 0. The van der Waals surface area contributed by atoms with Crippen LogP contribution < -0.4 is 4.74 Å². The summed E-state index contributed by atoms with van der Waals surface area (Å²) < 4.78 is 51.1. The second-order valence-corrected chi connectivity index (χ2v) is 7.69. The molecule has 8 heteroatoms. The van der Waals surface area contributed by atoms with Gasteiger partial charge in [0.15, 0.2) is 5.82 Å². The number of hydrogen-bond donors (Lipinski definition) is 1. The fraction of sp³-hybridized carbons (Fsp3) is 0.364. The molecule has 1 aliphatic rings. The molecule has 2 atom stereocenters. The lowest BCUT2D eigenvalue weighted by atomic mass is 9.91. The SMILES string of the molecule is CC(C)CO[C@H]1COc2ccccc2C1C=Nc1nccc2[nH]c(C(F)(F)F)cc12. The maximum Gasteiger partial charge on any atom is 0.431 e. The lowest BCUT2D eigenvalue weighted by Crippen LogP contribution is -2.35. The van der Waals surface area contributed by atoms with Crippen LogP contribution in [0.2, 0.25) is 0 Å². The molecule has 5 nitrogen and oxygen atoms in total. The minimum absolute atomic E-state index is 0.202. The van der Waals surface area contributed by atoms with Gasteiger partial charge in [0.05, 0.1) is 11.4 Å². The highest BCUT2D eigenvalue weighted by atomic mass is 19.4. The van der Waals surface area contributed by atoms with Crippen LogP contribution in [0.3, 0.4) is 0 Å². The van der Waals surface area contributed by atoms with Gasteiger partial charge in [-0.2, -0.15) is 13.2 Å². The van der Waals surface area contributed by atoms with Crippen molar-refractivity contribution in [3.05, 3.63) is 53.9 Å². The van der Waals surface area contributed by atoms with Crippen LogP contribution in [0.1, 0.15) is 31.0 Å². The van der Waals surface area contributed by atoms with Gasteiger partial charge in [0.2, 0.25) is 0 Å². The predicted molar refractivity (Wildman–Crippen MR) is 109 cm³/mol. The van der Waals surface area contributed by atoms with Crippen molar-refractivity contribution in [3.8, 4) is 5.75 Å². The Bertz CT molecular complexity index is 1060. The van der Waals surface area contributed by atoms with Crippen LogP contribution in [0.25, 0.3) is 10.9 Å². The minimum atomic E-state index is -4.46. The molecule has 0 amide bonds. The van der Waals surface area contributed by atoms with Crippen molar-refractivity contribution < 1.29 is 22.6 Å². The van der Waals surface area contributed by atoms with E-state index in [9.17, 15) is 13.2 Å². The molecule has 1 aliphatic heterocycles. The average molecular weight is 417 g/mol. The fourth-order valence-electron chi connectivity index (χ4n) is 3.45. The molecule has 0 aliphatic carbocycles. The van der Waals surface area contributed by atoms with E-state index in [1.54, 1.807) is 6.21 Å². The van der Waals surface area contributed by atoms with E-state index >= 15 is 0 Å². The molecule has 1 N–H and O–H groups in total. The number of nitrogens with one attached hydrogen (secondary N) is 1. The molecular weight excluding hydrogens is 395 g/mol. The molecular formula is C22H22F3N3O2. The molecule has 0 spiro atoms. The zero-order valence-corrected chi connectivity index (χ0v) is 16.6. The molecule has 0 fully saturated rings. The number of fused-ring (bicyclic) bond motifs is 2. The van der Waals surface area contributed by atoms with Gasteiger partial charge < -0.3 is 14.5 Å². The number of aromatic amines is 1. The number of pyridine rings is 1. The van der Waals surface area contributed by atoms with Gasteiger partial charge in [0, 0.05) is 30.0 Å². The third kappa shape index (κ3) is 4.18. The smallest absolute Gasteiger partial charge is 0.431 e. The molecule has 4 rings (SSSR count). The normalized spacial score (nSPS) is 19.4. The molecule has 1 unspecified atom stereocenters. The first-order valence-electron chi connectivity index (χ1n) is 9.75. The van der Waals surface area contributed by atoms with E-state index in [4.69, 9.17) is 9.47 Å². The van der Waals surface area contributed by atoms with E-state index in [0.717, 1.165) is 17.4 Å². The van der Waals surface area contributed by atoms with Crippen LogP contribution in [-0.4, -0.2) is 35.5 Å². The Balaban J connectivity index is 1.69. The monoisotopic (exact) mass is 417 g/mol. The maximum absolute atomic E-state index is 13.1. The van der Waals surface area contributed by atoms with Crippen LogP contribution in [0.15, 0.2) is 47.6 Å². The Morgan fingerprint density at radius 2 is 2.10 bits per heavy atom. The molecule has 0 saturated heterocycles. The quantitative estimate of drug-likeness (QED) is 0.558. The van der Waals surface area contributed by atoms with Crippen LogP contribution in [0.5, 0.6) is 5.75 Å². The molecule has 0 radical (unpaired) electrons. The Kier molecular flexibility index (Phi) is 5.51. The fourth-order valence-corrected chi connectivity index (χ4v) is 3.45. The van der Waals surface area contributed by atoms with E-state index in [1.165, 1.54) is 12.3 Å². The van der Waals surface area contributed by atoms with E-state index in [0.29, 0.717) is 30.0 Å². The standard InChI is InChI=1S/C22H22F3N3O2/c1-13(2)11-29-19-12-30-18-6-4-3-5-14(18)16(19)10-27-21-15-9-20(22(23,24)25)28-17(15)7-8-26-21/h3-10,13,16,19,28H,11-12H2,1-2H3/t16?,19-/m0/s1. The average Bonchev–Trinajstić information content (AvgIpc) is 3.16. The summed E-state index contributed by atoms with van der Waals surface area (Å²) in [6.07, 6.45) is -1.57. The van der Waals surface area contributed by atoms with Gasteiger partial charge in [-0.25, -0.2) is 9.98 Å². The first kappa shape index (κ1) is 20.4. The molecule has 30 heavy (non-hydrogen) atoms. The summed E-state index contributed by atoms with van der Waals surface area (Å²) in [6, 6.07) is 10.2. The van der Waals surface area contributed by atoms with Crippen LogP contribution in [-0.2, 0) is 10.9 Å². The number of aromatic nitrogens is 2. The minimum Gasteiger partial charge on any atom is -0.491 e. The Morgan fingerprint density at radius 1 is 1.30 bits per heavy atom. The van der Waals surface area contributed by atoms with Gasteiger partial charge in [0.25, 0.3) is 0 Å². The van der Waals surface area contributed by atoms with Crippen molar-refractivity contribution in [2.75, 3.05) is 13.2 Å². The Labute approximate surface area is 171 Å². The third-order valence-corrected chi connectivity index (χ3v) is 4.92. The van der Waals surface area contributed by atoms with Gasteiger partial charge in [-0.05, 0) is 24.1 Å². The molecule has 3 heterocycles. The van der Waals surface area contributed by atoms with Crippen molar-refractivity contribution in [2.45, 2.75) is 32.0 Å². The third-order valence-electron chi connectivity index (χ3n) is 4.92. The second-order valence-electron chi connectivity index (χ2n) is 7.69. The highest BCUT2D eigenvalue weighted by molar-refractivity contribution is 5.91. The lowest BCUT2D eigenvalue weighted by Gasteiger charge is -2.31. The van der Waals surface area contributed by atoms with Crippen LogP contribution in [0, 0.1) is 5.92 Å². The number of nitrogens with zero attached hydrogens (tertiary/aromatic N) is 2. The zero-order valence-electron chi connectivity index (χ0n) is 16.6. The zero-order chi connectivity index (χ0) is 21.3. The van der Waals surface area contributed by atoms with E-state index in [-0.39, 0.29) is 17.8 Å². The number of benzene rings is 1. The first-order valence-corrected chi connectivity index (χ1v) is 9.75. The number of aliphatic imine (C=N–C) groups is 1. The number of alkyl halides is 3. The van der Waals surface area contributed by atoms with Gasteiger partial charge >= 0.3 is 6.18 Å². The molecule has 0 bridgehead atoms. The number of para-hydroxylation sites is 1. The van der Waals surface area contributed by atoms with Crippen molar-refractivity contribution in [1.82, 2.24) is 9.97 Å². The van der Waals surface area contributed by atoms with E-state index in [1.807, 2.05) is 24.3 Å². The number of hydrogen-bond acceptors (Lipinski definition) is 4. The topological polar surface area (TPSA) is 59.5 Å². The summed E-state index contributed by atoms with van der Waals surface area (Å²) in [5.41, 5.74) is 0.444. The van der Waals surface area contributed by atoms with Crippen molar-refractivity contribution in [1.29, 1.82) is 0 Å². The highest BCUT2D eigenvalue weighted by Gasteiger charge is 2.33. The first-order chi connectivity index (χ1) is 14.3. The van der Waals surface area contributed by atoms with Crippen molar-refractivity contribution in [3.63, 3.8) is 0 Å². The summed E-state index contributed by atoms with van der Waals surface area (Å²) >= 11 is 0. The van der Waals surface area contributed by atoms with Gasteiger partial charge in [-0.1, -0.05) is 32.0 Å². The van der Waals surface area contributed by atoms with Crippen molar-refractivity contribution >= 4 is 22.9 Å². The summed E-state index contributed by atoms with van der Waals surface area (Å²) in [5, 5.41) is 0.320. The second kappa shape index (κ2) is 8.10. The highest BCUT2D eigenvalue weighted by Crippen LogP contribution is 2.36. The molecule has 1 aromatic carbocycles. The predicted octanol–water partition coefficient (Wildman–Crippen LogP) is 5.50. The Hall–Kier alpha value is -2.87. The number of rotatable bonds is 5. The number of ether oxygens (including phenoxy) is 2. The summed E-state index contributed by atoms with van der Waals surface area (Å²) in [5.74, 6) is 1.14. The summed E-state index contributed by atoms with van der Waals surface area (Å²) in [6.45, 7) is 5.08. The number of halogens is 3. The van der Waals surface area contributed by atoms with Gasteiger partial charge in [-0.3, -0.25) is 0 Å². The Morgan fingerprint density at radius 3 is 2.87 bits per heavy atom. The molecule has 0 saturated carbocycles. The summed E-state index contributed by atoms with van der Waals surface area (Å²) in [4.78, 5) is 11.0. The van der Waals surface area contributed by atoms with Gasteiger partial charge in [-0.15, -0.1) is 0 Å². The van der Waals surface area contributed by atoms with Crippen molar-refractivity contribution in [2.24, 2.45) is 10.9 Å². The lowest BCUT2D eigenvalue weighted by molar-refractivity contribution is -0.140. The van der Waals surface area contributed by atoms with Crippen LogP contribution in [0.4, 0.5) is 19.0 Å². The van der Waals surface area contributed by atoms with E-state index in [2.05, 4.69) is 28.8 Å². The molecule has 158 valence electrons. The van der Waals surface area contributed by atoms with E-state index < -0.39 is 11.9 Å². The largest absolute Gasteiger partial charge is 0.491 e. The van der Waals surface area contributed by atoms with Crippen LogP contribution >= 0.6 is 0 Å².